The Bertz CT molecular complexity index is 1810. The summed E-state index contributed by atoms with van der Waals surface area (Å²) in [6.45, 7) is 4.00. The van der Waals surface area contributed by atoms with Crippen LogP contribution in [0.2, 0.25) is 0 Å². The van der Waals surface area contributed by atoms with Gasteiger partial charge in [-0.1, -0.05) is 72.8 Å². The lowest BCUT2D eigenvalue weighted by molar-refractivity contribution is 1.18. The normalized spacial score (nSPS) is 11.2. The Labute approximate surface area is 233 Å². The zero-order valence-corrected chi connectivity index (χ0v) is 22.3. The molecule has 0 aliphatic carbocycles. The highest BCUT2D eigenvalue weighted by Gasteiger charge is 2.17. The van der Waals surface area contributed by atoms with Crippen molar-refractivity contribution in [1.82, 2.24) is 19.9 Å². The maximum atomic E-state index is 4.83. The number of pyridine rings is 4. The second-order valence-electron chi connectivity index (χ2n) is 10.0. The molecular weight excluding hydrogens is 488 g/mol. The molecule has 190 valence electrons. The van der Waals surface area contributed by atoms with E-state index in [1.165, 1.54) is 32.7 Å². The van der Waals surface area contributed by atoms with Crippen LogP contribution in [0.4, 0.5) is 0 Å². The number of benzene rings is 3. The summed E-state index contributed by atoms with van der Waals surface area (Å²) in [7, 11) is 0. The Morgan fingerprint density at radius 2 is 0.775 bits per heavy atom. The van der Waals surface area contributed by atoms with Gasteiger partial charge in [-0.05, 0) is 82.9 Å². The molecule has 0 spiro atoms. The molecule has 0 amide bonds. The van der Waals surface area contributed by atoms with Gasteiger partial charge < -0.3 is 0 Å². The SMILES string of the molecule is Cc1cccc(-c2ccc(-c3c4ccccc4c(-c4ccc(-c5cccc(C)n5)nc4)c4ccccc34)cn2)n1. The van der Waals surface area contributed by atoms with Crippen molar-refractivity contribution in [3.8, 4) is 45.0 Å². The fourth-order valence-electron chi connectivity index (χ4n) is 5.51. The minimum atomic E-state index is 0.868. The van der Waals surface area contributed by atoms with E-state index in [1.54, 1.807) is 0 Å². The molecule has 0 saturated carbocycles. The average molecular weight is 515 g/mol. The van der Waals surface area contributed by atoms with Crippen LogP contribution in [0, 0.1) is 13.8 Å². The van der Waals surface area contributed by atoms with Crippen LogP contribution in [0.25, 0.3) is 66.6 Å². The molecule has 40 heavy (non-hydrogen) atoms. The van der Waals surface area contributed by atoms with Crippen molar-refractivity contribution in [2.24, 2.45) is 0 Å². The molecule has 3 aromatic carbocycles. The number of nitrogens with zero attached hydrogens (tertiary/aromatic N) is 4. The van der Waals surface area contributed by atoms with Gasteiger partial charge in [-0.3, -0.25) is 19.9 Å². The van der Waals surface area contributed by atoms with Crippen molar-refractivity contribution in [1.29, 1.82) is 0 Å². The smallest absolute Gasteiger partial charge is 0.0889 e. The zero-order chi connectivity index (χ0) is 27.1. The third-order valence-electron chi connectivity index (χ3n) is 7.34. The molecule has 4 heterocycles. The van der Waals surface area contributed by atoms with Crippen molar-refractivity contribution in [3.05, 3.63) is 133 Å². The number of hydrogen-bond acceptors (Lipinski definition) is 4. The van der Waals surface area contributed by atoms with Gasteiger partial charge in [0.15, 0.2) is 0 Å². The van der Waals surface area contributed by atoms with E-state index < -0.39 is 0 Å². The molecular formula is C36H26N4. The summed E-state index contributed by atoms with van der Waals surface area (Å²) in [5, 5.41) is 4.74. The molecule has 0 aliphatic rings. The summed E-state index contributed by atoms with van der Waals surface area (Å²) in [5.74, 6) is 0. The molecule has 0 radical (unpaired) electrons. The minimum absolute atomic E-state index is 0.868. The maximum absolute atomic E-state index is 4.83. The molecule has 4 aromatic heterocycles. The van der Waals surface area contributed by atoms with Crippen LogP contribution in [-0.4, -0.2) is 19.9 Å². The van der Waals surface area contributed by atoms with Crippen LogP contribution < -0.4 is 0 Å². The molecule has 0 saturated heterocycles. The van der Waals surface area contributed by atoms with Crippen LogP contribution in [-0.2, 0) is 0 Å². The summed E-state index contributed by atoms with van der Waals surface area (Å²) in [4.78, 5) is 19.0. The molecule has 0 N–H and O–H groups in total. The number of hydrogen-bond donors (Lipinski definition) is 0. The van der Waals surface area contributed by atoms with E-state index in [4.69, 9.17) is 9.97 Å². The van der Waals surface area contributed by atoms with Crippen molar-refractivity contribution in [2.75, 3.05) is 0 Å². The molecule has 0 aliphatic heterocycles. The van der Waals surface area contributed by atoms with Gasteiger partial charge in [0.1, 0.15) is 0 Å². The van der Waals surface area contributed by atoms with E-state index in [0.717, 1.165) is 45.3 Å². The third-order valence-corrected chi connectivity index (χ3v) is 7.34. The van der Waals surface area contributed by atoms with Gasteiger partial charge in [0, 0.05) is 34.9 Å². The number of aromatic nitrogens is 4. The molecule has 4 nitrogen and oxygen atoms in total. The quantitative estimate of drug-likeness (QED) is 0.220. The Hall–Kier alpha value is -5.22. The monoisotopic (exact) mass is 514 g/mol. The maximum Gasteiger partial charge on any atom is 0.0889 e. The van der Waals surface area contributed by atoms with Gasteiger partial charge >= 0.3 is 0 Å². The number of rotatable bonds is 4. The summed E-state index contributed by atoms with van der Waals surface area (Å²) in [6, 6.07) is 37.7. The highest BCUT2D eigenvalue weighted by molar-refractivity contribution is 6.21. The van der Waals surface area contributed by atoms with E-state index in [0.29, 0.717) is 0 Å². The second kappa shape index (κ2) is 9.83. The summed E-state index contributed by atoms with van der Waals surface area (Å²) < 4.78 is 0. The third kappa shape index (κ3) is 4.20. The summed E-state index contributed by atoms with van der Waals surface area (Å²) in [6.07, 6.45) is 3.94. The molecule has 7 aromatic rings. The fourth-order valence-corrected chi connectivity index (χ4v) is 5.51. The van der Waals surface area contributed by atoms with Crippen molar-refractivity contribution < 1.29 is 0 Å². The van der Waals surface area contributed by atoms with Crippen molar-refractivity contribution in [2.45, 2.75) is 13.8 Å². The first kappa shape index (κ1) is 23.9. The highest BCUT2D eigenvalue weighted by atomic mass is 14.8. The standard InChI is InChI=1S/C36H26N4/c1-23-9-7-15-33(39-23)31-19-17-25(21-37-31)35-27-11-3-5-13-29(27)36(30-14-6-4-12-28(30)35)26-18-20-32(38-22-26)34-16-8-10-24(2)40-34/h3-22H,1-2H3. The van der Waals surface area contributed by atoms with E-state index >= 15 is 0 Å². The van der Waals surface area contributed by atoms with Crippen molar-refractivity contribution >= 4 is 21.5 Å². The van der Waals surface area contributed by atoms with E-state index in [1.807, 2.05) is 62.6 Å². The molecule has 0 bridgehead atoms. The number of fused-ring (bicyclic) bond motifs is 2. The zero-order valence-electron chi connectivity index (χ0n) is 22.3. The van der Waals surface area contributed by atoms with Gasteiger partial charge in [0.05, 0.1) is 22.8 Å². The minimum Gasteiger partial charge on any atom is -0.254 e. The Balaban J connectivity index is 1.40. The molecule has 7 rings (SSSR count). The first-order valence-electron chi connectivity index (χ1n) is 13.4. The number of aryl methyl sites for hydroxylation is 2. The molecule has 0 atom stereocenters. The van der Waals surface area contributed by atoms with Crippen LogP contribution in [0.3, 0.4) is 0 Å². The second-order valence-corrected chi connectivity index (χ2v) is 10.0. The van der Waals surface area contributed by atoms with Gasteiger partial charge in [-0.15, -0.1) is 0 Å². The predicted octanol–water partition coefficient (Wildman–Crippen LogP) is 8.86. The predicted molar refractivity (Wildman–Crippen MR) is 164 cm³/mol. The summed E-state index contributed by atoms with van der Waals surface area (Å²) >= 11 is 0. The van der Waals surface area contributed by atoms with Crippen LogP contribution in [0.15, 0.2) is 122 Å². The fraction of sp³-hybridized carbons (Fsp3) is 0.0556. The van der Waals surface area contributed by atoms with E-state index in [-0.39, 0.29) is 0 Å². The largest absolute Gasteiger partial charge is 0.254 e. The summed E-state index contributed by atoms with van der Waals surface area (Å²) in [5.41, 5.74) is 9.98. The van der Waals surface area contributed by atoms with Crippen LogP contribution in [0.1, 0.15) is 11.4 Å². The lowest BCUT2D eigenvalue weighted by Crippen LogP contribution is -1.94. The Kier molecular flexibility index (Phi) is 5.86. The van der Waals surface area contributed by atoms with Gasteiger partial charge in [0.2, 0.25) is 0 Å². The van der Waals surface area contributed by atoms with Crippen LogP contribution in [0.5, 0.6) is 0 Å². The lowest BCUT2D eigenvalue weighted by Gasteiger charge is -2.17. The first-order valence-corrected chi connectivity index (χ1v) is 13.4. The molecule has 4 heteroatoms. The van der Waals surface area contributed by atoms with Gasteiger partial charge in [-0.25, -0.2) is 0 Å². The topological polar surface area (TPSA) is 51.6 Å². The highest BCUT2D eigenvalue weighted by Crippen LogP contribution is 2.43. The molecule has 0 unspecified atom stereocenters. The van der Waals surface area contributed by atoms with Crippen molar-refractivity contribution in [3.63, 3.8) is 0 Å². The van der Waals surface area contributed by atoms with Gasteiger partial charge in [0.25, 0.3) is 0 Å². The van der Waals surface area contributed by atoms with E-state index in [9.17, 15) is 0 Å². The first-order chi connectivity index (χ1) is 19.7. The lowest BCUT2D eigenvalue weighted by atomic mass is 9.86. The average Bonchev–Trinajstić information content (AvgIpc) is 3.00. The molecule has 0 fully saturated rings. The Morgan fingerprint density at radius 3 is 1.10 bits per heavy atom. The van der Waals surface area contributed by atoms with E-state index in [2.05, 4.69) is 82.8 Å². The Morgan fingerprint density at radius 1 is 0.375 bits per heavy atom. The van der Waals surface area contributed by atoms with Crippen LogP contribution >= 0.6 is 0 Å². The van der Waals surface area contributed by atoms with Gasteiger partial charge in [-0.2, -0.15) is 0 Å².